The minimum absolute atomic E-state index is 0.127. The van der Waals surface area contributed by atoms with Crippen LogP contribution < -0.4 is 10.1 Å². The number of benzene rings is 1. The molecule has 1 saturated heterocycles. The lowest BCUT2D eigenvalue weighted by molar-refractivity contribution is -0.121. The van der Waals surface area contributed by atoms with Crippen LogP contribution in [0.2, 0.25) is 0 Å². The zero-order chi connectivity index (χ0) is 23.4. The summed E-state index contributed by atoms with van der Waals surface area (Å²) in [6.07, 6.45) is 1.76. The summed E-state index contributed by atoms with van der Waals surface area (Å²) in [5.74, 6) is -0.462. The lowest BCUT2D eigenvalue weighted by Crippen LogP contribution is -2.22. The molecular formula is C22H22N2O5S3. The van der Waals surface area contributed by atoms with Crippen LogP contribution in [-0.2, 0) is 14.3 Å². The molecule has 32 heavy (non-hydrogen) atoms. The molecule has 0 unspecified atom stereocenters. The van der Waals surface area contributed by atoms with Gasteiger partial charge in [0, 0.05) is 11.9 Å². The van der Waals surface area contributed by atoms with Gasteiger partial charge in [0.1, 0.15) is 15.1 Å². The van der Waals surface area contributed by atoms with E-state index in [1.807, 2.05) is 13.8 Å². The number of thioether (sulfide) groups is 1. The van der Waals surface area contributed by atoms with Crippen molar-refractivity contribution in [3.8, 4) is 5.75 Å². The van der Waals surface area contributed by atoms with Crippen molar-refractivity contribution in [3.05, 3.63) is 50.7 Å². The van der Waals surface area contributed by atoms with Crippen LogP contribution in [0, 0.1) is 13.8 Å². The number of likely N-dealkylation sites (N-methyl/N-ethyl adjacent to an activating group) is 1. The highest BCUT2D eigenvalue weighted by Gasteiger charge is 2.28. The van der Waals surface area contributed by atoms with Crippen molar-refractivity contribution in [2.75, 3.05) is 25.6 Å². The highest BCUT2D eigenvalue weighted by molar-refractivity contribution is 8.26. The van der Waals surface area contributed by atoms with E-state index in [1.54, 1.807) is 44.3 Å². The average molecular weight is 491 g/mol. The van der Waals surface area contributed by atoms with Gasteiger partial charge in [-0.25, -0.2) is 4.79 Å². The first kappa shape index (κ1) is 24.0. The van der Waals surface area contributed by atoms with E-state index in [9.17, 15) is 14.4 Å². The molecule has 3 rings (SSSR count). The van der Waals surface area contributed by atoms with E-state index in [0.717, 1.165) is 16.0 Å². The van der Waals surface area contributed by atoms with Gasteiger partial charge in [-0.2, -0.15) is 0 Å². The molecule has 168 valence electrons. The normalized spacial score (nSPS) is 14.8. The number of rotatable bonds is 7. The van der Waals surface area contributed by atoms with Crippen LogP contribution in [0.25, 0.3) is 6.08 Å². The maximum atomic E-state index is 12.4. The molecule has 1 aliphatic rings. The Balaban J connectivity index is 1.60. The van der Waals surface area contributed by atoms with E-state index in [1.165, 1.54) is 28.0 Å². The summed E-state index contributed by atoms with van der Waals surface area (Å²) in [5, 5.41) is 3.20. The van der Waals surface area contributed by atoms with Crippen LogP contribution in [0.15, 0.2) is 29.2 Å². The molecule has 0 spiro atoms. The number of anilines is 1. The number of aryl methyl sites for hydroxylation is 1. The van der Waals surface area contributed by atoms with Crippen molar-refractivity contribution in [2.45, 2.75) is 20.8 Å². The number of hydrogen-bond acceptors (Lipinski definition) is 8. The molecule has 1 aromatic carbocycles. The zero-order valence-electron chi connectivity index (χ0n) is 18.0. The van der Waals surface area contributed by atoms with Crippen LogP contribution in [0.4, 0.5) is 5.00 Å². The Morgan fingerprint density at radius 2 is 1.91 bits per heavy atom. The van der Waals surface area contributed by atoms with Gasteiger partial charge in [0.15, 0.2) is 6.61 Å². The average Bonchev–Trinajstić information content (AvgIpc) is 3.17. The monoisotopic (exact) mass is 490 g/mol. The highest BCUT2D eigenvalue weighted by atomic mass is 32.2. The fourth-order valence-electron chi connectivity index (χ4n) is 2.83. The Morgan fingerprint density at radius 1 is 1.22 bits per heavy atom. The number of esters is 1. The number of carbonyl (C=O) groups is 3. The van der Waals surface area contributed by atoms with E-state index in [0.29, 0.717) is 25.5 Å². The van der Waals surface area contributed by atoms with Crippen LogP contribution in [-0.4, -0.2) is 47.3 Å². The van der Waals surface area contributed by atoms with Gasteiger partial charge in [-0.15, -0.1) is 11.3 Å². The number of nitrogens with zero attached hydrogens (tertiary/aromatic N) is 1. The Hall–Kier alpha value is -2.69. The van der Waals surface area contributed by atoms with Crippen molar-refractivity contribution in [2.24, 2.45) is 0 Å². The van der Waals surface area contributed by atoms with Crippen molar-refractivity contribution in [1.82, 2.24) is 4.90 Å². The summed E-state index contributed by atoms with van der Waals surface area (Å²) in [4.78, 5) is 39.6. The first-order chi connectivity index (χ1) is 15.2. The highest BCUT2D eigenvalue weighted by Crippen LogP contribution is 2.33. The molecule has 0 bridgehead atoms. The molecule has 0 saturated carbocycles. The molecule has 0 aliphatic carbocycles. The van der Waals surface area contributed by atoms with Gasteiger partial charge < -0.3 is 14.8 Å². The Morgan fingerprint density at radius 3 is 2.50 bits per heavy atom. The van der Waals surface area contributed by atoms with Gasteiger partial charge in [-0.3, -0.25) is 14.5 Å². The number of thiocarbonyl (C=S) groups is 1. The Bertz CT molecular complexity index is 1110. The maximum Gasteiger partial charge on any atom is 0.341 e. The molecule has 1 fully saturated rings. The second kappa shape index (κ2) is 10.3. The minimum Gasteiger partial charge on any atom is -0.484 e. The second-order valence-corrected chi connectivity index (χ2v) is 9.75. The summed E-state index contributed by atoms with van der Waals surface area (Å²) in [5.41, 5.74) is 1.99. The number of amides is 2. The Labute approximate surface area is 199 Å². The van der Waals surface area contributed by atoms with Gasteiger partial charge in [0.2, 0.25) is 0 Å². The van der Waals surface area contributed by atoms with Crippen molar-refractivity contribution >= 4 is 68.5 Å². The molecule has 1 aliphatic heterocycles. The molecule has 2 aromatic rings. The van der Waals surface area contributed by atoms with Crippen LogP contribution in [0.3, 0.4) is 0 Å². The summed E-state index contributed by atoms with van der Waals surface area (Å²) in [6, 6.07) is 7.02. The van der Waals surface area contributed by atoms with Gasteiger partial charge in [0.25, 0.3) is 11.8 Å². The zero-order valence-corrected chi connectivity index (χ0v) is 20.5. The van der Waals surface area contributed by atoms with Gasteiger partial charge in [-0.1, -0.05) is 36.1 Å². The third-order valence-corrected chi connectivity index (χ3v) is 7.26. The SMILES string of the molecule is CCOC(=O)c1c(NC(=O)COc2ccc(/C=C3\SC(=S)N(C)C3=O)cc2)sc(C)c1C. The van der Waals surface area contributed by atoms with E-state index in [4.69, 9.17) is 21.7 Å². The lowest BCUT2D eigenvalue weighted by Gasteiger charge is -2.09. The first-order valence-electron chi connectivity index (χ1n) is 9.72. The largest absolute Gasteiger partial charge is 0.484 e. The Kier molecular flexibility index (Phi) is 7.70. The summed E-state index contributed by atoms with van der Waals surface area (Å²) >= 11 is 7.71. The standard InChI is InChI=1S/C22H22N2O5S3/c1-5-28-21(27)18-12(2)13(3)31-19(18)23-17(25)11-29-15-8-6-14(7-9-15)10-16-20(26)24(4)22(30)32-16/h6-10H,5,11H2,1-4H3,(H,23,25)/b16-10-. The van der Waals surface area contributed by atoms with Crippen molar-refractivity contribution < 1.29 is 23.9 Å². The van der Waals surface area contributed by atoms with Crippen molar-refractivity contribution in [1.29, 1.82) is 0 Å². The van der Waals surface area contributed by atoms with Crippen molar-refractivity contribution in [3.63, 3.8) is 0 Å². The summed E-state index contributed by atoms with van der Waals surface area (Å²) in [6.45, 7) is 5.48. The van der Waals surface area contributed by atoms with E-state index >= 15 is 0 Å². The molecule has 1 N–H and O–H groups in total. The third kappa shape index (κ3) is 5.37. The van der Waals surface area contributed by atoms with Crippen LogP contribution >= 0.6 is 35.3 Å². The number of carbonyl (C=O) groups excluding carboxylic acids is 3. The molecular weight excluding hydrogens is 468 g/mol. The molecule has 0 radical (unpaired) electrons. The molecule has 2 heterocycles. The number of hydrogen-bond donors (Lipinski definition) is 1. The number of ether oxygens (including phenoxy) is 2. The fourth-order valence-corrected chi connectivity index (χ4v) is 5.08. The van der Waals surface area contributed by atoms with Crippen LogP contribution in [0.5, 0.6) is 5.75 Å². The van der Waals surface area contributed by atoms with Gasteiger partial charge in [0.05, 0.1) is 17.1 Å². The maximum absolute atomic E-state index is 12.4. The molecule has 1 aromatic heterocycles. The van der Waals surface area contributed by atoms with E-state index in [-0.39, 0.29) is 25.0 Å². The quantitative estimate of drug-likeness (QED) is 0.350. The number of nitrogens with one attached hydrogen (secondary N) is 1. The molecule has 10 heteroatoms. The second-order valence-electron chi connectivity index (χ2n) is 6.85. The topological polar surface area (TPSA) is 84.9 Å². The third-order valence-electron chi connectivity index (χ3n) is 4.65. The molecule has 7 nitrogen and oxygen atoms in total. The van der Waals surface area contributed by atoms with Crippen LogP contribution in [0.1, 0.15) is 33.3 Å². The van der Waals surface area contributed by atoms with Gasteiger partial charge in [-0.05, 0) is 50.1 Å². The summed E-state index contributed by atoms with van der Waals surface area (Å²) < 4.78 is 11.2. The van der Waals surface area contributed by atoms with E-state index in [2.05, 4.69) is 5.32 Å². The predicted molar refractivity (Wildman–Crippen MR) is 131 cm³/mol. The fraction of sp³-hybridized carbons (Fsp3) is 0.273. The van der Waals surface area contributed by atoms with E-state index < -0.39 is 5.97 Å². The summed E-state index contributed by atoms with van der Waals surface area (Å²) in [7, 11) is 1.65. The molecule has 2 amide bonds. The van der Waals surface area contributed by atoms with Gasteiger partial charge >= 0.3 is 5.97 Å². The predicted octanol–water partition coefficient (Wildman–Crippen LogP) is 4.39. The number of thiophene rings is 1. The smallest absolute Gasteiger partial charge is 0.341 e. The lowest BCUT2D eigenvalue weighted by atomic mass is 10.1. The molecule has 0 atom stereocenters. The first-order valence-corrected chi connectivity index (χ1v) is 11.8. The minimum atomic E-state index is -0.457.